The van der Waals surface area contributed by atoms with Crippen molar-refractivity contribution >= 4 is 17.4 Å². The van der Waals surface area contributed by atoms with Crippen LogP contribution in [0, 0.1) is 20.8 Å². The summed E-state index contributed by atoms with van der Waals surface area (Å²) in [4.78, 5) is 24.6. The highest BCUT2D eigenvalue weighted by Gasteiger charge is 2.17. The van der Waals surface area contributed by atoms with E-state index in [4.69, 9.17) is 0 Å². The van der Waals surface area contributed by atoms with Crippen LogP contribution in [0.1, 0.15) is 40.5 Å². The SMILES string of the molecule is CC(=O)c1cc(-c2ccccc2)n(CCC(=O)Nc2cccc(C)c2C)c1C. The third-order valence-electron chi connectivity index (χ3n) is 5.26. The molecule has 144 valence electrons. The fraction of sp³-hybridized carbons (Fsp3) is 0.250. The Balaban J connectivity index is 1.82. The van der Waals surface area contributed by atoms with Gasteiger partial charge in [0.2, 0.25) is 5.91 Å². The molecule has 0 unspecified atom stereocenters. The van der Waals surface area contributed by atoms with E-state index >= 15 is 0 Å². The summed E-state index contributed by atoms with van der Waals surface area (Å²) in [5.41, 5.74) is 6.67. The molecule has 4 heteroatoms. The lowest BCUT2D eigenvalue weighted by Crippen LogP contribution is -2.16. The number of hydrogen-bond donors (Lipinski definition) is 1. The highest BCUT2D eigenvalue weighted by Crippen LogP contribution is 2.27. The van der Waals surface area contributed by atoms with Gasteiger partial charge in [0.15, 0.2) is 5.78 Å². The molecule has 3 rings (SSSR count). The zero-order valence-electron chi connectivity index (χ0n) is 16.9. The Morgan fingerprint density at radius 1 is 0.964 bits per heavy atom. The van der Waals surface area contributed by atoms with Gasteiger partial charge >= 0.3 is 0 Å². The highest BCUT2D eigenvalue weighted by atomic mass is 16.1. The van der Waals surface area contributed by atoms with Crippen LogP contribution in [0.5, 0.6) is 0 Å². The number of ketones is 1. The average Bonchev–Trinajstić information content (AvgIpc) is 3.01. The molecule has 0 saturated carbocycles. The van der Waals surface area contributed by atoms with Crippen LogP contribution in [-0.2, 0) is 11.3 Å². The van der Waals surface area contributed by atoms with E-state index in [1.165, 1.54) is 0 Å². The van der Waals surface area contributed by atoms with E-state index in [2.05, 4.69) is 9.88 Å². The van der Waals surface area contributed by atoms with Gasteiger partial charge in [-0.15, -0.1) is 0 Å². The van der Waals surface area contributed by atoms with Crippen LogP contribution in [0.15, 0.2) is 54.6 Å². The maximum atomic E-state index is 12.6. The molecule has 4 nitrogen and oxygen atoms in total. The van der Waals surface area contributed by atoms with Crippen molar-refractivity contribution in [3.8, 4) is 11.3 Å². The van der Waals surface area contributed by atoms with E-state index in [0.717, 1.165) is 33.8 Å². The first kappa shape index (κ1) is 19.6. The van der Waals surface area contributed by atoms with Crippen LogP contribution in [0.2, 0.25) is 0 Å². The second-order valence-corrected chi connectivity index (χ2v) is 7.15. The van der Waals surface area contributed by atoms with Gasteiger partial charge in [0, 0.05) is 35.6 Å². The van der Waals surface area contributed by atoms with Gasteiger partial charge in [-0.25, -0.2) is 0 Å². The van der Waals surface area contributed by atoms with E-state index < -0.39 is 0 Å². The summed E-state index contributed by atoms with van der Waals surface area (Å²) in [5.74, 6) is -0.00143. The van der Waals surface area contributed by atoms with E-state index in [0.29, 0.717) is 18.5 Å². The summed E-state index contributed by atoms with van der Waals surface area (Å²) in [6.45, 7) is 8.07. The molecule has 0 spiro atoms. The number of aromatic nitrogens is 1. The van der Waals surface area contributed by atoms with Crippen molar-refractivity contribution in [2.24, 2.45) is 0 Å². The molecule has 0 aliphatic carbocycles. The van der Waals surface area contributed by atoms with Gasteiger partial charge < -0.3 is 9.88 Å². The summed E-state index contributed by atoms with van der Waals surface area (Å²) < 4.78 is 2.06. The molecule has 1 heterocycles. The van der Waals surface area contributed by atoms with E-state index in [1.54, 1.807) is 6.92 Å². The van der Waals surface area contributed by atoms with Crippen molar-refractivity contribution < 1.29 is 9.59 Å². The molecule has 1 amide bonds. The van der Waals surface area contributed by atoms with Gasteiger partial charge in [0.1, 0.15) is 0 Å². The normalized spacial score (nSPS) is 10.7. The molecule has 0 atom stereocenters. The molecule has 3 aromatic rings. The van der Waals surface area contributed by atoms with Crippen molar-refractivity contribution in [2.75, 3.05) is 5.32 Å². The highest BCUT2D eigenvalue weighted by molar-refractivity contribution is 5.97. The van der Waals surface area contributed by atoms with Crippen LogP contribution in [0.4, 0.5) is 5.69 Å². The number of hydrogen-bond acceptors (Lipinski definition) is 2. The minimum absolute atomic E-state index is 0.0354. The monoisotopic (exact) mass is 374 g/mol. The first-order chi connectivity index (χ1) is 13.4. The summed E-state index contributed by atoms with van der Waals surface area (Å²) in [7, 11) is 0. The lowest BCUT2D eigenvalue weighted by Gasteiger charge is -2.14. The molecule has 0 bridgehead atoms. The van der Waals surface area contributed by atoms with Crippen molar-refractivity contribution in [1.29, 1.82) is 0 Å². The molecular formula is C24H26N2O2. The van der Waals surface area contributed by atoms with Gasteiger partial charge in [0.25, 0.3) is 0 Å². The Morgan fingerprint density at radius 2 is 1.68 bits per heavy atom. The number of nitrogens with one attached hydrogen (secondary N) is 1. The average molecular weight is 374 g/mol. The molecular weight excluding hydrogens is 348 g/mol. The fourth-order valence-corrected chi connectivity index (χ4v) is 3.45. The molecule has 0 radical (unpaired) electrons. The van der Waals surface area contributed by atoms with Crippen LogP contribution in [-0.4, -0.2) is 16.3 Å². The van der Waals surface area contributed by atoms with Gasteiger partial charge in [0.05, 0.1) is 0 Å². The smallest absolute Gasteiger partial charge is 0.226 e. The number of benzene rings is 2. The van der Waals surface area contributed by atoms with Gasteiger partial charge in [-0.2, -0.15) is 0 Å². The molecule has 0 saturated heterocycles. The predicted molar refractivity (Wildman–Crippen MR) is 114 cm³/mol. The maximum absolute atomic E-state index is 12.6. The Morgan fingerprint density at radius 3 is 2.36 bits per heavy atom. The van der Waals surface area contributed by atoms with Crippen molar-refractivity contribution in [3.63, 3.8) is 0 Å². The quantitative estimate of drug-likeness (QED) is 0.594. The Bertz CT molecular complexity index is 1020. The minimum atomic E-state index is -0.0369. The van der Waals surface area contributed by atoms with Gasteiger partial charge in [-0.3, -0.25) is 9.59 Å². The zero-order chi connectivity index (χ0) is 20.3. The Hall–Kier alpha value is -3.14. The van der Waals surface area contributed by atoms with Crippen molar-refractivity contribution in [3.05, 3.63) is 77.0 Å². The molecule has 2 aromatic carbocycles. The topological polar surface area (TPSA) is 51.1 Å². The third kappa shape index (κ3) is 4.06. The fourth-order valence-electron chi connectivity index (χ4n) is 3.45. The summed E-state index contributed by atoms with van der Waals surface area (Å²) >= 11 is 0. The van der Waals surface area contributed by atoms with E-state index in [9.17, 15) is 9.59 Å². The third-order valence-corrected chi connectivity index (χ3v) is 5.26. The second-order valence-electron chi connectivity index (χ2n) is 7.15. The molecule has 0 aliphatic rings. The lowest BCUT2D eigenvalue weighted by atomic mass is 10.1. The summed E-state index contributed by atoms with van der Waals surface area (Å²) in [5, 5.41) is 3.01. The standard InChI is InChI=1S/C24H26N2O2/c1-16-9-8-12-22(17(16)2)25-24(28)13-14-26-18(3)21(19(4)27)15-23(26)20-10-6-5-7-11-20/h5-12,15H,13-14H2,1-4H3,(H,25,28). The van der Waals surface area contributed by atoms with Crippen LogP contribution < -0.4 is 5.32 Å². The van der Waals surface area contributed by atoms with Gasteiger partial charge in [-0.05, 0) is 56.5 Å². The van der Waals surface area contributed by atoms with Crippen LogP contribution >= 0.6 is 0 Å². The minimum Gasteiger partial charge on any atom is -0.344 e. The number of nitrogens with zero attached hydrogens (tertiary/aromatic N) is 1. The molecule has 1 N–H and O–H groups in total. The van der Waals surface area contributed by atoms with E-state index in [1.807, 2.05) is 75.4 Å². The number of anilines is 1. The van der Waals surface area contributed by atoms with Crippen LogP contribution in [0.25, 0.3) is 11.3 Å². The zero-order valence-corrected chi connectivity index (χ0v) is 16.9. The summed E-state index contributed by atoms with van der Waals surface area (Å²) in [6.07, 6.45) is 0.333. The number of amides is 1. The first-order valence-corrected chi connectivity index (χ1v) is 9.51. The largest absolute Gasteiger partial charge is 0.344 e. The Kier molecular flexibility index (Phi) is 5.78. The maximum Gasteiger partial charge on any atom is 0.226 e. The molecule has 28 heavy (non-hydrogen) atoms. The first-order valence-electron chi connectivity index (χ1n) is 9.51. The second kappa shape index (κ2) is 8.26. The molecule has 0 fully saturated rings. The molecule has 0 aliphatic heterocycles. The number of Topliss-reactive ketones (excluding diaryl/α,β-unsaturated/α-hetero) is 1. The van der Waals surface area contributed by atoms with E-state index in [-0.39, 0.29) is 11.7 Å². The van der Waals surface area contributed by atoms with Crippen molar-refractivity contribution in [2.45, 2.75) is 40.7 Å². The summed E-state index contributed by atoms with van der Waals surface area (Å²) in [6, 6.07) is 17.8. The number of rotatable bonds is 6. The number of carbonyl (C=O) groups excluding carboxylic acids is 2. The van der Waals surface area contributed by atoms with Crippen LogP contribution in [0.3, 0.4) is 0 Å². The predicted octanol–water partition coefficient (Wildman–Crippen LogP) is 5.31. The molecule has 1 aromatic heterocycles. The number of aryl methyl sites for hydroxylation is 1. The van der Waals surface area contributed by atoms with Crippen molar-refractivity contribution in [1.82, 2.24) is 4.57 Å². The lowest BCUT2D eigenvalue weighted by molar-refractivity contribution is -0.116. The number of carbonyl (C=O) groups is 2. The Labute approximate surface area is 166 Å². The van der Waals surface area contributed by atoms with Gasteiger partial charge in [-0.1, -0.05) is 42.5 Å².